The first kappa shape index (κ1) is 10.9. The lowest BCUT2D eigenvalue weighted by Gasteiger charge is -2.33. The van der Waals surface area contributed by atoms with Crippen molar-refractivity contribution in [2.24, 2.45) is 0 Å². The molecule has 2 heterocycles. The van der Waals surface area contributed by atoms with E-state index in [4.69, 9.17) is 0 Å². The van der Waals surface area contributed by atoms with Gasteiger partial charge in [0, 0.05) is 19.1 Å². The van der Waals surface area contributed by atoms with Crippen molar-refractivity contribution in [3.63, 3.8) is 0 Å². The largest absolute Gasteiger partial charge is 0.355 e. The van der Waals surface area contributed by atoms with Gasteiger partial charge in [-0.2, -0.15) is 0 Å². The van der Waals surface area contributed by atoms with E-state index in [9.17, 15) is 0 Å². The Kier molecular flexibility index (Phi) is 3.59. The Balaban J connectivity index is 2.09. The van der Waals surface area contributed by atoms with E-state index >= 15 is 0 Å². The van der Waals surface area contributed by atoms with E-state index in [1.54, 1.807) is 0 Å². The predicted molar refractivity (Wildman–Crippen MR) is 66.2 cm³/mol. The minimum atomic E-state index is 0.597. The fourth-order valence-electron chi connectivity index (χ4n) is 1.99. The van der Waals surface area contributed by atoms with Gasteiger partial charge < -0.3 is 10.2 Å². The summed E-state index contributed by atoms with van der Waals surface area (Å²) in [5, 5.41) is 3.34. The molecule has 0 unspecified atom stereocenters. The number of nitrogens with zero attached hydrogens (tertiary/aromatic N) is 2. The first-order valence-corrected chi connectivity index (χ1v) is 6.13. The molecule has 0 aliphatic carbocycles. The lowest BCUT2D eigenvalue weighted by molar-refractivity contribution is 0.447. The molecule has 82 valence electrons. The molecule has 1 aromatic rings. The molecular formula is C11H16BrN3. The molecule has 15 heavy (non-hydrogen) atoms. The summed E-state index contributed by atoms with van der Waals surface area (Å²) in [6.07, 6.45) is 2.50. The molecule has 1 N–H and O–H groups in total. The Hall–Kier alpha value is -0.610. The second-order valence-electron chi connectivity index (χ2n) is 3.89. The summed E-state index contributed by atoms with van der Waals surface area (Å²) in [6.45, 7) is 2.17. The van der Waals surface area contributed by atoms with Crippen molar-refractivity contribution in [3.05, 3.63) is 22.8 Å². The molecule has 0 amide bonds. The highest BCUT2D eigenvalue weighted by Crippen LogP contribution is 2.19. The number of pyridine rings is 1. The summed E-state index contributed by atoms with van der Waals surface area (Å²) < 4.78 is 0.909. The maximum Gasteiger partial charge on any atom is 0.129 e. The molecule has 1 atom stereocenters. The lowest BCUT2D eigenvalue weighted by atomic mass is 10.1. The number of likely N-dealkylation sites (N-methyl/N-ethyl adjacent to an activating group) is 1. The van der Waals surface area contributed by atoms with Gasteiger partial charge in [-0.1, -0.05) is 6.07 Å². The van der Waals surface area contributed by atoms with Crippen LogP contribution in [0.15, 0.2) is 22.8 Å². The quantitative estimate of drug-likeness (QED) is 0.833. The molecule has 0 spiro atoms. The van der Waals surface area contributed by atoms with E-state index < -0.39 is 0 Å². The van der Waals surface area contributed by atoms with E-state index in [0.29, 0.717) is 6.04 Å². The van der Waals surface area contributed by atoms with E-state index in [1.165, 1.54) is 12.8 Å². The Labute approximate surface area is 99.0 Å². The first-order valence-electron chi connectivity index (χ1n) is 5.34. The van der Waals surface area contributed by atoms with Crippen LogP contribution in [0.2, 0.25) is 0 Å². The highest BCUT2D eigenvalue weighted by Gasteiger charge is 2.19. The van der Waals surface area contributed by atoms with Gasteiger partial charge in [0.1, 0.15) is 10.4 Å². The standard InChI is InChI=1S/C11H16BrN3/c1-13-9-4-3-7-15(8-9)11-6-2-5-10(12)14-11/h2,5-6,9,13H,3-4,7-8H2,1H3/t9-/m0/s1. The SMILES string of the molecule is CN[C@H]1CCCN(c2cccc(Br)n2)C1. The number of hydrogen-bond donors (Lipinski definition) is 1. The van der Waals surface area contributed by atoms with Gasteiger partial charge in [0.2, 0.25) is 0 Å². The van der Waals surface area contributed by atoms with Gasteiger partial charge in [0.05, 0.1) is 0 Å². The average Bonchev–Trinajstić information content (AvgIpc) is 2.29. The van der Waals surface area contributed by atoms with Crippen LogP contribution in [0, 0.1) is 0 Å². The molecule has 2 rings (SSSR count). The summed E-state index contributed by atoms with van der Waals surface area (Å²) in [5.41, 5.74) is 0. The van der Waals surface area contributed by atoms with Crippen LogP contribution < -0.4 is 10.2 Å². The van der Waals surface area contributed by atoms with E-state index in [-0.39, 0.29) is 0 Å². The fraction of sp³-hybridized carbons (Fsp3) is 0.545. The van der Waals surface area contributed by atoms with Gasteiger partial charge in [-0.3, -0.25) is 0 Å². The Morgan fingerprint density at radius 3 is 3.13 bits per heavy atom. The molecule has 1 saturated heterocycles. The molecule has 4 heteroatoms. The highest BCUT2D eigenvalue weighted by atomic mass is 79.9. The number of anilines is 1. The van der Waals surface area contributed by atoms with Gasteiger partial charge in [0.25, 0.3) is 0 Å². The molecule has 1 fully saturated rings. The van der Waals surface area contributed by atoms with Crippen LogP contribution in [0.4, 0.5) is 5.82 Å². The average molecular weight is 270 g/mol. The zero-order valence-corrected chi connectivity index (χ0v) is 10.5. The van der Waals surface area contributed by atoms with Gasteiger partial charge in [-0.15, -0.1) is 0 Å². The monoisotopic (exact) mass is 269 g/mol. The van der Waals surface area contributed by atoms with E-state index in [0.717, 1.165) is 23.5 Å². The fourth-order valence-corrected chi connectivity index (χ4v) is 2.33. The second-order valence-corrected chi connectivity index (χ2v) is 4.70. The van der Waals surface area contributed by atoms with Gasteiger partial charge >= 0.3 is 0 Å². The molecule has 1 aliphatic rings. The van der Waals surface area contributed by atoms with E-state index in [2.05, 4.69) is 37.2 Å². The van der Waals surface area contributed by atoms with Crippen molar-refractivity contribution in [3.8, 4) is 0 Å². The molecule has 1 aromatic heterocycles. The summed E-state index contributed by atoms with van der Waals surface area (Å²) in [5.74, 6) is 1.07. The van der Waals surface area contributed by atoms with Gasteiger partial charge in [-0.25, -0.2) is 4.98 Å². The maximum absolute atomic E-state index is 4.48. The minimum absolute atomic E-state index is 0.597. The van der Waals surface area contributed by atoms with Crippen molar-refractivity contribution in [2.75, 3.05) is 25.0 Å². The Morgan fingerprint density at radius 2 is 2.40 bits per heavy atom. The number of aromatic nitrogens is 1. The van der Waals surface area contributed by atoms with Gasteiger partial charge in [0.15, 0.2) is 0 Å². The minimum Gasteiger partial charge on any atom is -0.355 e. The number of piperidine rings is 1. The van der Waals surface area contributed by atoms with E-state index in [1.807, 2.05) is 19.2 Å². The zero-order chi connectivity index (χ0) is 10.7. The second kappa shape index (κ2) is 4.94. The Bertz CT molecular complexity index is 329. The topological polar surface area (TPSA) is 28.2 Å². The molecule has 0 saturated carbocycles. The van der Waals surface area contributed by atoms with Crippen LogP contribution in [0.5, 0.6) is 0 Å². The van der Waals surface area contributed by atoms with Crippen LogP contribution in [0.25, 0.3) is 0 Å². The van der Waals surface area contributed by atoms with Crippen molar-refractivity contribution >= 4 is 21.7 Å². The van der Waals surface area contributed by atoms with Crippen LogP contribution >= 0.6 is 15.9 Å². The smallest absolute Gasteiger partial charge is 0.129 e. The Morgan fingerprint density at radius 1 is 1.53 bits per heavy atom. The molecule has 0 radical (unpaired) electrons. The molecule has 0 aromatic carbocycles. The third-order valence-corrected chi connectivity index (χ3v) is 3.30. The maximum atomic E-state index is 4.48. The van der Waals surface area contributed by atoms with Crippen molar-refractivity contribution in [1.82, 2.24) is 10.3 Å². The zero-order valence-electron chi connectivity index (χ0n) is 8.91. The summed E-state index contributed by atoms with van der Waals surface area (Å²) in [7, 11) is 2.03. The summed E-state index contributed by atoms with van der Waals surface area (Å²) in [6, 6.07) is 6.67. The summed E-state index contributed by atoms with van der Waals surface area (Å²) in [4.78, 5) is 6.82. The predicted octanol–water partition coefficient (Wildman–Crippen LogP) is 2.03. The van der Waals surface area contributed by atoms with Crippen LogP contribution in [0.1, 0.15) is 12.8 Å². The normalized spacial score (nSPS) is 21.7. The number of rotatable bonds is 2. The van der Waals surface area contributed by atoms with Crippen molar-refractivity contribution in [2.45, 2.75) is 18.9 Å². The summed E-state index contributed by atoms with van der Waals surface area (Å²) >= 11 is 3.41. The molecule has 3 nitrogen and oxygen atoms in total. The number of halogens is 1. The highest BCUT2D eigenvalue weighted by molar-refractivity contribution is 9.10. The van der Waals surface area contributed by atoms with Crippen LogP contribution in [-0.4, -0.2) is 31.2 Å². The first-order chi connectivity index (χ1) is 7.29. The third-order valence-electron chi connectivity index (χ3n) is 2.85. The molecule has 1 aliphatic heterocycles. The number of hydrogen-bond acceptors (Lipinski definition) is 3. The van der Waals surface area contributed by atoms with Crippen LogP contribution in [0.3, 0.4) is 0 Å². The number of nitrogens with one attached hydrogen (secondary N) is 1. The molecular weight excluding hydrogens is 254 g/mol. The lowest BCUT2D eigenvalue weighted by Crippen LogP contribution is -2.44. The van der Waals surface area contributed by atoms with Gasteiger partial charge in [-0.05, 0) is 48.0 Å². The third kappa shape index (κ3) is 2.69. The molecule has 0 bridgehead atoms. The van der Waals surface area contributed by atoms with Crippen molar-refractivity contribution < 1.29 is 0 Å². The van der Waals surface area contributed by atoms with Crippen molar-refractivity contribution in [1.29, 1.82) is 0 Å². The van der Waals surface area contributed by atoms with Crippen LogP contribution in [-0.2, 0) is 0 Å².